The molecule has 1 N–H and O–H groups in total. The van der Waals surface area contributed by atoms with Crippen LogP contribution in [0.1, 0.15) is 15.9 Å². The lowest BCUT2D eigenvalue weighted by Gasteiger charge is -2.21. The predicted molar refractivity (Wildman–Crippen MR) is 74.1 cm³/mol. The Labute approximate surface area is 130 Å². The quantitative estimate of drug-likeness (QED) is 0.852. The number of alkyl halides is 3. The Morgan fingerprint density at radius 2 is 2.05 bits per heavy atom. The van der Waals surface area contributed by atoms with Crippen LogP contribution in [0.3, 0.4) is 0 Å². The van der Waals surface area contributed by atoms with Gasteiger partial charge in [-0.25, -0.2) is 4.79 Å². The van der Waals surface area contributed by atoms with E-state index in [1.165, 1.54) is 17.8 Å². The number of benzene rings is 1. The molecular formula is C12H9BrF3NO3S. The molecule has 0 aromatic heterocycles. The Hall–Kier alpha value is -1.22. The van der Waals surface area contributed by atoms with Crippen molar-refractivity contribution in [2.75, 3.05) is 11.6 Å². The van der Waals surface area contributed by atoms with Gasteiger partial charge in [0, 0.05) is 15.8 Å². The van der Waals surface area contributed by atoms with E-state index in [2.05, 4.69) is 15.9 Å². The van der Waals surface area contributed by atoms with E-state index in [-0.39, 0.29) is 21.7 Å². The van der Waals surface area contributed by atoms with Gasteiger partial charge in [-0.05, 0) is 18.2 Å². The second kappa shape index (κ2) is 5.88. The Morgan fingerprint density at radius 3 is 2.62 bits per heavy atom. The minimum absolute atomic E-state index is 0.146. The number of carbonyl (C=O) groups is 2. The largest absolute Gasteiger partial charge is 0.480 e. The van der Waals surface area contributed by atoms with E-state index in [1.54, 1.807) is 0 Å². The van der Waals surface area contributed by atoms with Gasteiger partial charge in [0.1, 0.15) is 6.04 Å². The average molecular weight is 384 g/mol. The van der Waals surface area contributed by atoms with Crippen LogP contribution in [0.25, 0.3) is 0 Å². The summed E-state index contributed by atoms with van der Waals surface area (Å²) in [4.78, 5) is 24.3. The van der Waals surface area contributed by atoms with Crippen LogP contribution >= 0.6 is 27.7 Å². The predicted octanol–water partition coefficient (Wildman–Crippen LogP) is 3.07. The van der Waals surface area contributed by atoms with Crippen molar-refractivity contribution >= 4 is 39.6 Å². The highest BCUT2D eigenvalue weighted by molar-refractivity contribution is 9.10. The molecule has 1 saturated heterocycles. The van der Waals surface area contributed by atoms with Crippen LogP contribution in [0.2, 0.25) is 0 Å². The number of nitrogens with zero attached hydrogens (tertiary/aromatic N) is 1. The molecule has 0 bridgehead atoms. The molecule has 0 spiro atoms. The zero-order valence-corrected chi connectivity index (χ0v) is 12.8. The summed E-state index contributed by atoms with van der Waals surface area (Å²) in [5.41, 5.74) is -1.15. The standard InChI is InChI=1S/C12H9BrF3NO3S/c13-8-2-1-6(3-7(8)12(14,15)16)10(18)17-5-21-4-9(17)11(19)20/h1-3,9H,4-5H2,(H,19,20). The molecular weight excluding hydrogens is 375 g/mol. The molecule has 1 aliphatic rings. The molecule has 1 fully saturated rings. The number of carboxylic acids is 1. The maximum atomic E-state index is 12.8. The van der Waals surface area contributed by atoms with Crippen molar-refractivity contribution in [1.29, 1.82) is 0 Å². The minimum atomic E-state index is -4.60. The molecule has 0 radical (unpaired) electrons. The molecule has 0 saturated carbocycles. The van der Waals surface area contributed by atoms with Gasteiger partial charge in [-0.1, -0.05) is 15.9 Å². The summed E-state index contributed by atoms with van der Waals surface area (Å²) in [6.07, 6.45) is -4.60. The number of hydrogen-bond acceptors (Lipinski definition) is 3. The highest BCUT2D eigenvalue weighted by Gasteiger charge is 2.37. The minimum Gasteiger partial charge on any atom is -0.480 e. The summed E-state index contributed by atoms with van der Waals surface area (Å²) >= 11 is 4.04. The molecule has 1 unspecified atom stereocenters. The summed E-state index contributed by atoms with van der Waals surface area (Å²) in [7, 11) is 0. The lowest BCUT2D eigenvalue weighted by molar-refractivity contribution is -0.141. The van der Waals surface area contributed by atoms with Gasteiger partial charge >= 0.3 is 12.1 Å². The van der Waals surface area contributed by atoms with Gasteiger partial charge in [-0.2, -0.15) is 13.2 Å². The maximum Gasteiger partial charge on any atom is 0.417 e. The van der Waals surface area contributed by atoms with E-state index in [1.807, 2.05) is 0 Å². The Kier molecular flexibility index (Phi) is 4.52. The number of carboxylic acid groups (broad SMARTS) is 1. The van der Waals surface area contributed by atoms with Gasteiger partial charge in [-0.15, -0.1) is 11.8 Å². The van der Waals surface area contributed by atoms with Gasteiger partial charge < -0.3 is 10.0 Å². The number of carbonyl (C=O) groups excluding carboxylic acids is 1. The fourth-order valence-electron chi connectivity index (χ4n) is 1.89. The molecule has 21 heavy (non-hydrogen) atoms. The van der Waals surface area contributed by atoms with Crippen molar-refractivity contribution in [2.45, 2.75) is 12.2 Å². The van der Waals surface area contributed by atoms with Crippen molar-refractivity contribution in [2.24, 2.45) is 0 Å². The number of hydrogen-bond donors (Lipinski definition) is 1. The van der Waals surface area contributed by atoms with Crippen molar-refractivity contribution in [3.8, 4) is 0 Å². The van der Waals surface area contributed by atoms with Crippen LogP contribution in [0, 0.1) is 0 Å². The number of aliphatic carboxylic acids is 1. The van der Waals surface area contributed by atoms with Crippen molar-refractivity contribution in [3.63, 3.8) is 0 Å². The van der Waals surface area contributed by atoms with Gasteiger partial charge in [0.2, 0.25) is 0 Å². The van der Waals surface area contributed by atoms with E-state index in [9.17, 15) is 22.8 Å². The molecule has 2 rings (SSSR count). The lowest BCUT2D eigenvalue weighted by atomic mass is 10.1. The van der Waals surface area contributed by atoms with Gasteiger partial charge in [-0.3, -0.25) is 4.79 Å². The van der Waals surface area contributed by atoms with Crippen LogP contribution in [0.5, 0.6) is 0 Å². The SMILES string of the molecule is O=C(O)C1CSCN1C(=O)c1ccc(Br)c(C(F)(F)F)c1. The molecule has 9 heteroatoms. The van der Waals surface area contributed by atoms with E-state index < -0.39 is 29.7 Å². The highest BCUT2D eigenvalue weighted by Crippen LogP contribution is 2.36. The Bertz CT molecular complexity index is 594. The number of thioether (sulfide) groups is 1. The summed E-state index contributed by atoms with van der Waals surface area (Å²) in [6, 6.07) is 2.09. The van der Waals surface area contributed by atoms with E-state index >= 15 is 0 Å². The fraction of sp³-hybridized carbons (Fsp3) is 0.333. The summed E-state index contributed by atoms with van der Waals surface area (Å²) < 4.78 is 38.3. The van der Waals surface area contributed by atoms with E-state index in [0.717, 1.165) is 17.0 Å². The lowest BCUT2D eigenvalue weighted by Crippen LogP contribution is -2.41. The molecule has 1 heterocycles. The molecule has 1 amide bonds. The van der Waals surface area contributed by atoms with Crippen LogP contribution in [0.15, 0.2) is 22.7 Å². The maximum absolute atomic E-state index is 12.8. The highest BCUT2D eigenvalue weighted by atomic mass is 79.9. The molecule has 1 aromatic rings. The second-order valence-corrected chi connectivity index (χ2v) is 6.18. The van der Waals surface area contributed by atoms with Crippen molar-refractivity contribution in [3.05, 3.63) is 33.8 Å². The summed E-state index contributed by atoms with van der Waals surface area (Å²) in [5, 5.41) is 9.01. The zero-order valence-electron chi connectivity index (χ0n) is 10.4. The first-order valence-electron chi connectivity index (χ1n) is 5.70. The number of rotatable bonds is 2. The monoisotopic (exact) mass is 383 g/mol. The third-order valence-corrected chi connectivity index (χ3v) is 4.65. The second-order valence-electron chi connectivity index (χ2n) is 4.32. The van der Waals surface area contributed by atoms with Crippen LogP contribution in [-0.4, -0.2) is 39.6 Å². The Balaban J connectivity index is 2.34. The first kappa shape index (κ1) is 16.2. The third-order valence-electron chi connectivity index (χ3n) is 2.95. The average Bonchev–Trinajstić information content (AvgIpc) is 2.86. The molecule has 0 aliphatic carbocycles. The first-order chi connectivity index (χ1) is 9.71. The summed E-state index contributed by atoms with van der Waals surface area (Å²) in [5.74, 6) is -1.51. The van der Waals surface area contributed by atoms with Crippen LogP contribution in [-0.2, 0) is 11.0 Å². The molecule has 1 aromatic carbocycles. The summed E-state index contributed by atoms with van der Waals surface area (Å²) in [6.45, 7) is 0. The number of amides is 1. The first-order valence-corrected chi connectivity index (χ1v) is 7.65. The normalized spacial score (nSPS) is 18.9. The molecule has 114 valence electrons. The topological polar surface area (TPSA) is 57.6 Å². The molecule has 4 nitrogen and oxygen atoms in total. The van der Waals surface area contributed by atoms with Gasteiger partial charge in [0.15, 0.2) is 0 Å². The zero-order chi connectivity index (χ0) is 15.8. The van der Waals surface area contributed by atoms with Gasteiger partial charge in [0.05, 0.1) is 11.4 Å². The smallest absolute Gasteiger partial charge is 0.417 e. The molecule has 1 atom stereocenters. The van der Waals surface area contributed by atoms with Crippen molar-refractivity contribution in [1.82, 2.24) is 4.90 Å². The third kappa shape index (κ3) is 3.34. The van der Waals surface area contributed by atoms with E-state index in [0.29, 0.717) is 0 Å². The number of halogens is 4. The van der Waals surface area contributed by atoms with Crippen LogP contribution in [0.4, 0.5) is 13.2 Å². The van der Waals surface area contributed by atoms with Crippen molar-refractivity contribution < 1.29 is 27.9 Å². The Morgan fingerprint density at radius 1 is 1.38 bits per heavy atom. The van der Waals surface area contributed by atoms with Gasteiger partial charge in [0.25, 0.3) is 5.91 Å². The van der Waals surface area contributed by atoms with E-state index in [4.69, 9.17) is 5.11 Å². The van der Waals surface area contributed by atoms with Crippen LogP contribution < -0.4 is 0 Å². The fourth-order valence-corrected chi connectivity index (χ4v) is 3.51. The molecule has 1 aliphatic heterocycles.